The number of aromatic nitrogens is 1. The molecule has 0 fully saturated rings. The summed E-state index contributed by atoms with van der Waals surface area (Å²) in [7, 11) is 0. The number of hydrogen-bond donors (Lipinski definition) is 2. The summed E-state index contributed by atoms with van der Waals surface area (Å²) in [5.41, 5.74) is 4.87. The van der Waals surface area contributed by atoms with Gasteiger partial charge in [0.2, 0.25) is 0 Å². The van der Waals surface area contributed by atoms with Gasteiger partial charge < -0.3 is 10.3 Å². The minimum atomic E-state index is -0.171. The number of aromatic amines is 1. The normalized spacial score (nSPS) is 19.8. The predicted molar refractivity (Wildman–Crippen MR) is 108 cm³/mol. The molecule has 2 aliphatic heterocycles. The smallest absolute Gasteiger partial charge is 0.261 e. The van der Waals surface area contributed by atoms with Crippen LogP contribution < -0.4 is 5.32 Å². The van der Waals surface area contributed by atoms with Crippen molar-refractivity contribution in [1.29, 1.82) is 0 Å². The van der Waals surface area contributed by atoms with Gasteiger partial charge >= 0.3 is 0 Å². The molecular weight excluding hydrogens is 350 g/mol. The van der Waals surface area contributed by atoms with E-state index in [1.54, 1.807) is 24.3 Å². The van der Waals surface area contributed by atoms with E-state index in [9.17, 15) is 9.59 Å². The minimum absolute atomic E-state index is 0.171. The van der Waals surface area contributed by atoms with Crippen LogP contribution in [0.5, 0.6) is 0 Å². The lowest BCUT2D eigenvalue weighted by Gasteiger charge is -2.28. The van der Waals surface area contributed by atoms with Gasteiger partial charge in [-0.1, -0.05) is 37.3 Å². The fourth-order valence-corrected chi connectivity index (χ4v) is 4.66. The number of H-pyrrole nitrogens is 1. The van der Waals surface area contributed by atoms with Crippen LogP contribution in [0.2, 0.25) is 0 Å². The topological polar surface area (TPSA) is 65.2 Å². The highest BCUT2D eigenvalue weighted by Crippen LogP contribution is 2.33. The molecule has 5 nitrogen and oxygen atoms in total. The standard InChI is InChI=1S/C23H23N3O2/c1-14(13-26-22(27)17-7-2-3-8-18(17)23(26)28)12-20-21-16(10-11-24-20)15-6-4-5-9-19(15)25-21/h2-9,14,20,24-25H,10-13H2,1H3. The van der Waals surface area contributed by atoms with E-state index < -0.39 is 0 Å². The minimum Gasteiger partial charge on any atom is -0.357 e. The first-order valence-electron chi connectivity index (χ1n) is 9.91. The largest absolute Gasteiger partial charge is 0.357 e. The number of imide groups is 1. The number of benzene rings is 2. The summed E-state index contributed by atoms with van der Waals surface area (Å²) < 4.78 is 0. The highest BCUT2D eigenvalue weighted by molar-refractivity contribution is 6.21. The Balaban J connectivity index is 1.34. The van der Waals surface area contributed by atoms with Crippen molar-refractivity contribution in [3.8, 4) is 0 Å². The van der Waals surface area contributed by atoms with Crippen molar-refractivity contribution in [2.24, 2.45) is 5.92 Å². The molecule has 2 atom stereocenters. The van der Waals surface area contributed by atoms with E-state index in [1.807, 2.05) is 0 Å². The summed E-state index contributed by atoms with van der Waals surface area (Å²) in [4.78, 5) is 30.3. The number of nitrogens with zero attached hydrogens (tertiary/aromatic N) is 1. The average Bonchev–Trinajstić information content (AvgIpc) is 3.21. The van der Waals surface area contributed by atoms with E-state index in [0.29, 0.717) is 17.7 Å². The molecule has 2 aromatic carbocycles. The van der Waals surface area contributed by atoms with Gasteiger partial charge in [0.05, 0.1) is 11.1 Å². The average molecular weight is 373 g/mol. The Morgan fingerprint density at radius 3 is 2.46 bits per heavy atom. The molecule has 0 saturated carbocycles. The number of nitrogens with one attached hydrogen (secondary N) is 2. The van der Waals surface area contributed by atoms with Crippen molar-refractivity contribution < 1.29 is 9.59 Å². The molecule has 0 radical (unpaired) electrons. The van der Waals surface area contributed by atoms with Crippen LogP contribution in [-0.2, 0) is 6.42 Å². The third-order valence-electron chi connectivity index (χ3n) is 5.97. The first kappa shape index (κ1) is 17.2. The van der Waals surface area contributed by atoms with Gasteiger partial charge in [0.1, 0.15) is 0 Å². The lowest BCUT2D eigenvalue weighted by Crippen LogP contribution is -2.36. The first-order chi connectivity index (χ1) is 13.6. The van der Waals surface area contributed by atoms with Crippen LogP contribution in [0, 0.1) is 5.92 Å². The van der Waals surface area contributed by atoms with Crippen LogP contribution in [0.4, 0.5) is 0 Å². The summed E-state index contributed by atoms with van der Waals surface area (Å²) in [6.07, 6.45) is 1.88. The molecule has 5 rings (SSSR count). The van der Waals surface area contributed by atoms with Crippen molar-refractivity contribution in [3.63, 3.8) is 0 Å². The van der Waals surface area contributed by atoms with Gasteiger partial charge in [0.25, 0.3) is 11.8 Å². The van der Waals surface area contributed by atoms with Crippen molar-refractivity contribution in [3.05, 3.63) is 70.9 Å². The zero-order chi connectivity index (χ0) is 19.3. The zero-order valence-electron chi connectivity index (χ0n) is 15.9. The fourth-order valence-electron chi connectivity index (χ4n) is 4.66. The lowest BCUT2D eigenvalue weighted by atomic mass is 9.92. The van der Waals surface area contributed by atoms with Crippen molar-refractivity contribution in [2.45, 2.75) is 25.8 Å². The van der Waals surface area contributed by atoms with Crippen LogP contribution in [0.25, 0.3) is 10.9 Å². The molecule has 3 aromatic rings. The van der Waals surface area contributed by atoms with Crippen LogP contribution >= 0.6 is 0 Å². The molecule has 1 aromatic heterocycles. The highest BCUT2D eigenvalue weighted by Gasteiger charge is 2.36. The Kier molecular flexibility index (Phi) is 4.05. The van der Waals surface area contributed by atoms with E-state index in [1.165, 1.54) is 27.1 Å². The Morgan fingerprint density at radius 1 is 1.04 bits per heavy atom. The maximum atomic E-state index is 12.6. The fraction of sp³-hybridized carbons (Fsp3) is 0.304. The second-order valence-electron chi connectivity index (χ2n) is 7.93. The monoisotopic (exact) mass is 373 g/mol. The summed E-state index contributed by atoms with van der Waals surface area (Å²) in [6.45, 7) is 3.50. The van der Waals surface area contributed by atoms with Crippen LogP contribution in [-0.4, -0.2) is 34.8 Å². The summed E-state index contributed by atoms with van der Waals surface area (Å²) in [5, 5.41) is 4.91. The van der Waals surface area contributed by atoms with E-state index in [2.05, 4.69) is 41.5 Å². The molecule has 2 amide bonds. The number of carbonyl (C=O) groups is 2. The number of para-hydroxylation sites is 1. The second-order valence-corrected chi connectivity index (χ2v) is 7.93. The molecule has 2 aliphatic rings. The maximum absolute atomic E-state index is 12.6. The Hall–Kier alpha value is -2.92. The number of rotatable bonds is 4. The van der Waals surface area contributed by atoms with Gasteiger partial charge in [-0.2, -0.15) is 0 Å². The van der Waals surface area contributed by atoms with E-state index in [0.717, 1.165) is 19.4 Å². The molecule has 28 heavy (non-hydrogen) atoms. The van der Waals surface area contributed by atoms with Crippen LogP contribution in [0.15, 0.2) is 48.5 Å². The Labute approximate surface area is 163 Å². The molecule has 142 valence electrons. The predicted octanol–water partition coefficient (Wildman–Crippen LogP) is 3.68. The number of amides is 2. The summed E-state index contributed by atoms with van der Waals surface area (Å²) in [6, 6.07) is 15.7. The van der Waals surface area contributed by atoms with Crippen molar-refractivity contribution in [2.75, 3.05) is 13.1 Å². The number of hydrogen-bond acceptors (Lipinski definition) is 3. The van der Waals surface area contributed by atoms with Gasteiger partial charge in [-0.05, 0) is 49.1 Å². The quantitative estimate of drug-likeness (QED) is 0.686. The van der Waals surface area contributed by atoms with Crippen molar-refractivity contribution >= 4 is 22.7 Å². The molecule has 5 heteroatoms. The number of carbonyl (C=O) groups excluding carboxylic acids is 2. The van der Waals surface area contributed by atoms with Crippen molar-refractivity contribution in [1.82, 2.24) is 15.2 Å². The molecule has 3 heterocycles. The van der Waals surface area contributed by atoms with Gasteiger partial charge in [-0.25, -0.2) is 0 Å². The van der Waals surface area contributed by atoms with E-state index in [-0.39, 0.29) is 23.8 Å². The first-order valence-corrected chi connectivity index (χ1v) is 9.91. The lowest BCUT2D eigenvalue weighted by molar-refractivity contribution is 0.0627. The molecular formula is C23H23N3O2. The molecule has 0 saturated heterocycles. The molecule has 0 aliphatic carbocycles. The van der Waals surface area contributed by atoms with Gasteiger partial charge in [0, 0.05) is 29.2 Å². The van der Waals surface area contributed by atoms with Gasteiger partial charge in [-0.3, -0.25) is 14.5 Å². The molecule has 2 unspecified atom stereocenters. The van der Waals surface area contributed by atoms with Gasteiger partial charge in [-0.15, -0.1) is 0 Å². The maximum Gasteiger partial charge on any atom is 0.261 e. The van der Waals surface area contributed by atoms with Gasteiger partial charge in [0.15, 0.2) is 0 Å². The highest BCUT2D eigenvalue weighted by atomic mass is 16.2. The van der Waals surface area contributed by atoms with E-state index >= 15 is 0 Å². The number of fused-ring (bicyclic) bond motifs is 4. The third kappa shape index (κ3) is 2.66. The third-order valence-corrected chi connectivity index (χ3v) is 5.97. The second kappa shape index (κ2) is 6.60. The molecule has 0 bridgehead atoms. The van der Waals surface area contributed by atoms with Crippen LogP contribution in [0.3, 0.4) is 0 Å². The summed E-state index contributed by atoms with van der Waals surface area (Å²) >= 11 is 0. The Bertz CT molecular complexity index is 1050. The molecule has 0 spiro atoms. The SMILES string of the molecule is CC(CC1NCCc2c1[nH]c1ccccc21)CN1C(=O)c2ccccc2C1=O. The van der Waals surface area contributed by atoms with E-state index in [4.69, 9.17) is 0 Å². The zero-order valence-corrected chi connectivity index (χ0v) is 15.9. The van der Waals surface area contributed by atoms with Crippen LogP contribution in [0.1, 0.15) is 51.4 Å². The molecule has 2 N–H and O–H groups in total. The summed E-state index contributed by atoms with van der Waals surface area (Å²) in [5.74, 6) is -0.150. The Morgan fingerprint density at radius 2 is 1.71 bits per heavy atom.